The molecule has 2 rings (SSSR count). The lowest BCUT2D eigenvalue weighted by atomic mass is 10.1. The van der Waals surface area contributed by atoms with E-state index in [0.29, 0.717) is 0 Å². The van der Waals surface area contributed by atoms with Crippen LogP contribution in [0.5, 0.6) is 0 Å². The number of hydrogen-bond acceptors (Lipinski definition) is 3. The lowest BCUT2D eigenvalue weighted by molar-refractivity contribution is 0.789. The van der Waals surface area contributed by atoms with Gasteiger partial charge in [0.2, 0.25) is 0 Å². The van der Waals surface area contributed by atoms with Gasteiger partial charge in [0, 0.05) is 17.3 Å². The van der Waals surface area contributed by atoms with E-state index in [1.54, 1.807) is 11.3 Å². The molecule has 0 aliphatic rings. The molecule has 1 aromatic heterocycles. The van der Waals surface area contributed by atoms with Crippen molar-refractivity contribution in [2.75, 3.05) is 0 Å². The van der Waals surface area contributed by atoms with Crippen molar-refractivity contribution in [2.24, 2.45) is 5.73 Å². The van der Waals surface area contributed by atoms with Crippen molar-refractivity contribution in [1.29, 1.82) is 0 Å². The Bertz CT molecular complexity index is 503. The third kappa shape index (κ3) is 3.88. The van der Waals surface area contributed by atoms with E-state index in [1.807, 2.05) is 6.92 Å². The molecule has 2 nitrogen and oxygen atoms in total. The van der Waals surface area contributed by atoms with Crippen molar-refractivity contribution in [3.05, 3.63) is 51.5 Å². The van der Waals surface area contributed by atoms with Gasteiger partial charge in [-0.25, -0.2) is 4.98 Å². The van der Waals surface area contributed by atoms with Gasteiger partial charge < -0.3 is 5.73 Å². The molecule has 2 aromatic rings. The monoisotopic (exact) mass is 274 g/mol. The highest BCUT2D eigenvalue weighted by atomic mass is 32.1. The highest BCUT2D eigenvalue weighted by Gasteiger charge is 2.13. The van der Waals surface area contributed by atoms with Gasteiger partial charge in [0.15, 0.2) is 0 Å². The fraction of sp³-hybridized carbons (Fsp3) is 0.438. The summed E-state index contributed by atoms with van der Waals surface area (Å²) in [6.45, 7) is 4.24. The predicted molar refractivity (Wildman–Crippen MR) is 82.6 cm³/mol. The zero-order valence-corrected chi connectivity index (χ0v) is 12.5. The first-order valence-corrected chi connectivity index (χ1v) is 7.80. The summed E-state index contributed by atoms with van der Waals surface area (Å²) in [4.78, 5) is 6.04. The van der Waals surface area contributed by atoms with Crippen LogP contribution in [0, 0.1) is 0 Å². The fourth-order valence-corrected chi connectivity index (χ4v) is 3.25. The number of nitrogens with two attached hydrogens (primary N) is 1. The zero-order chi connectivity index (χ0) is 13.7. The van der Waals surface area contributed by atoms with Crippen LogP contribution < -0.4 is 5.73 Å². The van der Waals surface area contributed by atoms with Crippen molar-refractivity contribution >= 4 is 11.3 Å². The number of hydrogen-bond donors (Lipinski definition) is 1. The van der Waals surface area contributed by atoms with E-state index in [4.69, 9.17) is 10.7 Å². The Balaban J connectivity index is 2.06. The Morgan fingerprint density at radius 2 is 1.89 bits per heavy atom. The van der Waals surface area contributed by atoms with Gasteiger partial charge in [-0.05, 0) is 25.3 Å². The van der Waals surface area contributed by atoms with Gasteiger partial charge in [-0.15, -0.1) is 11.3 Å². The van der Waals surface area contributed by atoms with E-state index in [2.05, 4.69) is 37.3 Å². The molecule has 2 N–H and O–H groups in total. The summed E-state index contributed by atoms with van der Waals surface area (Å²) in [7, 11) is 0. The summed E-state index contributed by atoms with van der Waals surface area (Å²) in [6, 6.07) is 10.7. The van der Waals surface area contributed by atoms with Gasteiger partial charge in [0.1, 0.15) is 0 Å². The first-order valence-electron chi connectivity index (χ1n) is 6.98. The van der Waals surface area contributed by atoms with E-state index in [1.165, 1.54) is 21.1 Å². The minimum absolute atomic E-state index is 0.101. The van der Waals surface area contributed by atoms with E-state index in [9.17, 15) is 0 Å². The molecule has 0 bridgehead atoms. The van der Waals surface area contributed by atoms with Crippen molar-refractivity contribution in [1.82, 2.24) is 4.98 Å². The molecular formula is C16H22N2S. The van der Waals surface area contributed by atoms with Gasteiger partial charge in [-0.1, -0.05) is 43.7 Å². The molecule has 1 heterocycles. The molecule has 1 atom stereocenters. The summed E-state index contributed by atoms with van der Waals surface area (Å²) in [5.41, 5.74) is 8.62. The number of aryl methyl sites for hydroxylation is 3. The second-order valence-corrected chi connectivity index (χ2v) is 6.06. The number of benzene rings is 1. The first kappa shape index (κ1) is 14.2. The lowest BCUT2D eigenvalue weighted by Crippen LogP contribution is -2.05. The van der Waals surface area contributed by atoms with Crippen molar-refractivity contribution < 1.29 is 0 Å². The van der Waals surface area contributed by atoms with Crippen LogP contribution in [0.15, 0.2) is 30.3 Å². The molecule has 0 spiro atoms. The van der Waals surface area contributed by atoms with Crippen LogP contribution in [0.2, 0.25) is 0 Å². The molecule has 19 heavy (non-hydrogen) atoms. The summed E-state index contributed by atoms with van der Waals surface area (Å²) in [6.07, 6.45) is 4.23. The van der Waals surface area contributed by atoms with Gasteiger partial charge in [-0.2, -0.15) is 0 Å². The largest absolute Gasteiger partial charge is 0.323 e. The third-order valence-corrected chi connectivity index (χ3v) is 4.50. The molecule has 0 aliphatic heterocycles. The molecule has 102 valence electrons. The van der Waals surface area contributed by atoms with E-state index >= 15 is 0 Å². The van der Waals surface area contributed by atoms with Gasteiger partial charge in [0.25, 0.3) is 0 Å². The topological polar surface area (TPSA) is 38.9 Å². The molecule has 1 unspecified atom stereocenters. The number of aromatic nitrogens is 1. The summed E-state index contributed by atoms with van der Waals surface area (Å²) >= 11 is 1.79. The normalized spacial score (nSPS) is 12.6. The molecule has 3 heteroatoms. The van der Waals surface area contributed by atoms with Gasteiger partial charge >= 0.3 is 0 Å². The Morgan fingerprint density at radius 1 is 1.16 bits per heavy atom. The Kier molecular flexibility index (Phi) is 5.11. The minimum atomic E-state index is 0.101. The second kappa shape index (κ2) is 6.83. The highest BCUT2D eigenvalue weighted by Crippen LogP contribution is 2.26. The minimum Gasteiger partial charge on any atom is -0.323 e. The van der Waals surface area contributed by atoms with Crippen molar-refractivity contribution in [3.63, 3.8) is 0 Å². The number of thiazole rings is 1. The maximum Gasteiger partial charge on any atom is 0.0935 e. The first-order chi connectivity index (χ1) is 9.20. The molecule has 0 amide bonds. The molecular weight excluding hydrogens is 252 g/mol. The van der Waals surface area contributed by atoms with Crippen LogP contribution in [-0.2, 0) is 19.3 Å². The van der Waals surface area contributed by atoms with Crippen LogP contribution in [-0.4, -0.2) is 4.98 Å². The summed E-state index contributed by atoms with van der Waals surface area (Å²) in [5.74, 6) is 0. The van der Waals surface area contributed by atoms with Crippen LogP contribution in [0.4, 0.5) is 0 Å². The SMILES string of the molecule is CCCc1nc(CCc2ccccc2)sc1C(C)N. The standard InChI is InChI=1S/C16H22N2S/c1-3-7-14-16(12(2)17)19-15(18-14)11-10-13-8-5-4-6-9-13/h4-6,8-9,12H,3,7,10-11,17H2,1-2H3. The van der Waals surface area contributed by atoms with Crippen molar-refractivity contribution in [3.8, 4) is 0 Å². The third-order valence-electron chi connectivity index (χ3n) is 3.14. The number of nitrogens with zero attached hydrogens (tertiary/aromatic N) is 1. The average molecular weight is 274 g/mol. The van der Waals surface area contributed by atoms with Gasteiger partial charge in [0.05, 0.1) is 10.7 Å². The highest BCUT2D eigenvalue weighted by molar-refractivity contribution is 7.11. The molecule has 1 aromatic carbocycles. The molecule has 0 aliphatic carbocycles. The molecule has 0 fully saturated rings. The lowest BCUT2D eigenvalue weighted by Gasteiger charge is -2.03. The average Bonchev–Trinajstić information content (AvgIpc) is 2.81. The van der Waals surface area contributed by atoms with E-state index in [-0.39, 0.29) is 6.04 Å². The maximum absolute atomic E-state index is 6.04. The number of rotatable bonds is 6. The van der Waals surface area contributed by atoms with Crippen molar-refractivity contribution in [2.45, 2.75) is 45.6 Å². The van der Waals surface area contributed by atoms with Crippen LogP contribution in [0.25, 0.3) is 0 Å². The van der Waals surface area contributed by atoms with Crippen LogP contribution >= 0.6 is 11.3 Å². The van der Waals surface area contributed by atoms with Crippen LogP contribution in [0.1, 0.15) is 47.5 Å². The Morgan fingerprint density at radius 3 is 2.53 bits per heavy atom. The smallest absolute Gasteiger partial charge is 0.0935 e. The fourth-order valence-electron chi connectivity index (χ4n) is 2.19. The van der Waals surface area contributed by atoms with Gasteiger partial charge in [-0.3, -0.25) is 0 Å². The molecule has 0 radical (unpaired) electrons. The maximum atomic E-state index is 6.04. The second-order valence-electron chi connectivity index (χ2n) is 4.94. The zero-order valence-electron chi connectivity index (χ0n) is 11.7. The molecule has 0 saturated heterocycles. The van der Waals surface area contributed by atoms with E-state index < -0.39 is 0 Å². The summed E-state index contributed by atoms with van der Waals surface area (Å²) < 4.78 is 0. The Hall–Kier alpha value is -1.19. The van der Waals surface area contributed by atoms with Crippen LogP contribution in [0.3, 0.4) is 0 Å². The quantitative estimate of drug-likeness (QED) is 0.867. The predicted octanol–water partition coefficient (Wildman–Crippen LogP) is 3.90. The Labute approximate surface area is 119 Å². The summed E-state index contributed by atoms with van der Waals surface area (Å²) in [5, 5.41) is 1.22. The van der Waals surface area contributed by atoms with E-state index in [0.717, 1.165) is 25.7 Å². The molecule has 0 saturated carbocycles.